The molecule has 122 valence electrons. The summed E-state index contributed by atoms with van der Waals surface area (Å²) < 4.78 is 0. The number of hydrazone groups is 1. The molecule has 23 heavy (non-hydrogen) atoms. The Morgan fingerprint density at radius 2 is 2.00 bits per heavy atom. The maximum atomic E-state index is 12.6. The van der Waals surface area contributed by atoms with Crippen LogP contribution in [0.5, 0.6) is 0 Å². The molecule has 0 bridgehead atoms. The monoisotopic (exact) mass is 353 g/mol. The summed E-state index contributed by atoms with van der Waals surface area (Å²) in [6, 6.07) is 4.46. The second-order valence-corrected chi connectivity index (χ2v) is 7.07. The Hall–Kier alpha value is -1.59. The third-order valence-electron chi connectivity index (χ3n) is 4.54. The topological polar surface area (TPSA) is 61.8 Å². The average Bonchev–Trinajstić information content (AvgIpc) is 2.73. The van der Waals surface area contributed by atoms with Crippen molar-refractivity contribution in [1.29, 1.82) is 0 Å². The number of halogens is 2. The van der Waals surface area contributed by atoms with Crippen molar-refractivity contribution in [1.82, 2.24) is 10.3 Å². The predicted molar refractivity (Wildman–Crippen MR) is 89.8 cm³/mol. The molecule has 0 aromatic heterocycles. The number of benzene rings is 1. The molecule has 5 nitrogen and oxygen atoms in total. The number of carbonyl (C=O) groups is 2. The molecule has 1 aliphatic carbocycles. The van der Waals surface area contributed by atoms with Gasteiger partial charge in [-0.05, 0) is 43.7 Å². The van der Waals surface area contributed by atoms with E-state index >= 15 is 0 Å². The number of imide groups is 1. The summed E-state index contributed by atoms with van der Waals surface area (Å²) >= 11 is 11.9. The van der Waals surface area contributed by atoms with Crippen LogP contribution in [0.4, 0.5) is 4.79 Å². The van der Waals surface area contributed by atoms with Gasteiger partial charge < -0.3 is 5.32 Å². The first-order valence-corrected chi connectivity index (χ1v) is 8.33. The first-order valence-electron chi connectivity index (χ1n) is 7.57. The van der Waals surface area contributed by atoms with E-state index in [4.69, 9.17) is 23.2 Å². The molecule has 0 atom stereocenters. The lowest BCUT2D eigenvalue weighted by atomic mass is 9.77. The van der Waals surface area contributed by atoms with Crippen molar-refractivity contribution in [3.05, 3.63) is 33.8 Å². The number of amides is 3. The largest absolute Gasteiger partial charge is 0.346 e. The van der Waals surface area contributed by atoms with Crippen molar-refractivity contribution >= 4 is 41.4 Å². The fraction of sp³-hybridized carbons (Fsp3) is 0.438. The van der Waals surface area contributed by atoms with E-state index in [-0.39, 0.29) is 5.91 Å². The molecular weight excluding hydrogens is 337 g/mol. The fourth-order valence-electron chi connectivity index (χ4n) is 3.03. The summed E-state index contributed by atoms with van der Waals surface area (Å²) in [6.07, 6.45) is 4.57. The number of hydrogen-bond donors (Lipinski definition) is 1. The van der Waals surface area contributed by atoms with Crippen LogP contribution < -0.4 is 5.32 Å². The summed E-state index contributed by atoms with van der Waals surface area (Å²) in [6.45, 7) is 2.16. The molecule has 0 radical (unpaired) electrons. The van der Waals surface area contributed by atoms with E-state index < -0.39 is 11.6 Å². The van der Waals surface area contributed by atoms with Crippen LogP contribution in [-0.2, 0) is 4.79 Å². The molecule has 0 unspecified atom stereocenters. The predicted octanol–water partition coefficient (Wildman–Crippen LogP) is 3.83. The van der Waals surface area contributed by atoms with Gasteiger partial charge in [-0.25, -0.2) is 4.79 Å². The molecule has 1 heterocycles. The van der Waals surface area contributed by atoms with E-state index in [1.807, 2.05) is 0 Å². The minimum absolute atomic E-state index is 0.282. The van der Waals surface area contributed by atoms with Gasteiger partial charge in [0.05, 0.1) is 11.2 Å². The molecule has 2 aliphatic rings. The van der Waals surface area contributed by atoms with Crippen molar-refractivity contribution < 1.29 is 9.59 Å². The van der Waals surface area contributed by atoms with Gasteiger partial charge in [-0.3, -0.25) is 4.79 Å². The van der Waals surface area contributed by atoms with Gasteiger partial charge >= 0.3 is 6.03 Å². The normalized spacial score (nSPS) is 28.0. The lowest BCUT2D eigenvalue weighted by Gasteiger charge is -2.33. The van der Waals surface area contributed by atoms with Crippen LogP contribution in [0.25, 0.3) is 0 Å². The number of nitrogens with zero attached hydrogens (tertiary/aromatic N) is 2. The van der Waals surface area contributed by atoms with Crippen molar-refractivity contribution in [3.63, 3.8) is 0 Å². The second-order valence-electron chi connectivity index (χ2n) is 6.22. The summed E-state index contributed by atoms with van der Waals surface area (Å²) in [5.74, 6) is 0.298. The van der Waals surface area contributed by atoms with Crippen molar-refractivity contribution in [2.45, 2.75) is 38.1 Å². The molecule has 3 rings (SSSR count). The molecule has 1 saturated heterocycles. The number of urea groups is 1. The van der Waals surface area contributed by atoms with E-state index in [9.17, 15) is 9.59 Å². The Bertz CT molecular complexity index is 682. The highest BCUT2D eigenvalue weighted by molar-refractivity contribution is 6.36. The lowest BCUT2D eigenvalue weighted by Crippen LogP contribution is -2.49. The first-order chi connectivity index (χ1) is 10.9. The molecule has 1 N–H and O–H groups in total. The highest BCUT2D eigenvalue weighted by atomic mass is 35.5. The zero-order valence-corrected chi connectivity index (χ0v) is 14.2. The fourth-order valence-corrected chi connectivity index (χ4v) is 3.49. The van der Waals surface area contributed by atoms with Gasteiger partial charge in [-0.1, -0.05) is 36.2 Å². The minimum atomic E-state index is -0.787. The van der Waals surface area contributed by atoms with E-state index in [2.05, 4.69) is 17.3 Å². The van der Waals surface area contributed by atoms with Gasteiger partial charge in [0.15, 0.2) is 0 Å². The molecule has 1 aromatic rings. The van der Waals surface area contributed by atoms with Gasteiger partial charge in [0.2, 0.25) is 0 Å². The standard InChI is InChI=1S/C16H17Cl2N3O2/c1-10-4-6-16(7-5-10)14(22)21(15(23)20-16)19-9-11-2-3-12(17)8-13(11)18/h2-3,8-10H,4-7H2,1H3,(H,20,23). The average molecular weight is 354 g/mol. The Balaban J connectivity index is 1.79. The summed E-state index contributed by atoms with van der Waals surface area (Å²) in [4.78, 5) is 24.8. The Labute approximate surface area is 144 Å². The van der Waals surface area contributed by atoms with Crippen LogP contribution in [0.2, 0.25) is 10.0 Å². The minimum Gasteiger partial charge on any atom is -0.321 e. The van der Waals surface area contributed by atoms with E-state index in [0.29, 0.717) is 34.4 Å². The summed E-state index contributed by atoms with van der Waals surface area (Å²) in [5, 5.41) is 8.68. The number of carbonyl (C=O) groups excluding carboxylic acids is 2. The molecule has 7 heteroatoms. The highest BCUT2D eigenvalue weighted by Gasteiger charge is 2.52. The zero-order valence-electron chi connectivity index (χ0n) is 12.7. The van der Waals surface area contributed by atoms with E-state index in [1.54, 1.807) is 18.2 Å². The van der Waals surface area contributed by atoms with Crippen LogP contribution in [0.1, 0.15) is 38.2 Å². The maximum absolute atomic E-state index is 12.6. The molecular formula is C16H17Cl2N3O2. The van der Waals surface area contributed by atoms with Gasteiger partial charge in [0.25, 0.3) is 5.91 Å². The first kappa shape index (κ1) is 16.3. The third-order valence-corrected chi connectivity index (χ3v) is 5.11. The Morgan fingerprint density at radius 3 is 2.65 bits per heavy atom. The second kappa shape index (κ2) is 6.13. The van der Waals surface area contributed by atoms with Gasteiger partial charge in [0, 0.05) is 10.6 Å². The molecule has 3 amide bonds. The Morgan fingerprint density at radius 1 is 1.30 bits per heavy atom. The molecule has 1 aromatic carbocycles. The van der Waals surface area contributed by atoms with Gasteiger partial charge in [0.1, 0.15) is 5.54 Å². The maximum Gasteiger partial charge on any atom is 0.346 e. The van der Waals surface area contributed by atoms with Crippen molar-refractivity contribution in [2.75, 3.05) is 0 Å². The zero-order chi connectivity index (χ0) is 16.6. The number of rotatable bonds is 2. The van der Waals surface area contributed by atoms with Crippen LogP contribution >= 0.6 is 23.2 Å². The molecule has 1 saturated carbocycles. The molecule has 1 aliphatic heterocycles. The van der Waals surface area contributed by atoms with Crippen LogP contribution in [0, 0.1) is 5.92 Å². The van der Waals surface area contributed by atoms with Gasteiger partial charge in [-0.2, -0.15) is 5.10 Å². The smallest absolute Gasteiger partial charge is 0.321 e. The van der Waals surface area contributed by atoms with E-state index in [1.165, 1.54) is 6.21 Å². The van der Waals surface area contributed by atoms with Crippen LogP contribution in [0.3, 0.4) is 0 Å². The van der Waals surface area contributed by atoms with Crippen molar-refractivity contribution in [3.8, 4) is 0 Å². The SMILES string of the molecule is CC1CCC2(CC1)NC(=O)N(N=Cc1ccc(Cl)cc1Cl)C2=O. The third kappa shape index (κ3) is 3.08. The summed E-state index contributed by atoms with van der Waals surface area (Å²) in [5.41, 5.74) is -0.194. The lowest BCUT2D eigenvalue weighted by molar-refractivity contribution is -0.132. The van der Waals surface area contributed by atoms with E-state index in [0.717, 1.165) is 17.9 Å². The molecule has 2 fully saturated rings. The highest BCUT2D eigenvalue weighted by Crippen LogP contribution is 2.36. The quantitative estimate of drug-likeness (QED) is 0.648. The molecule has 1 spiro atoms. The van der Waals surface area contributed by atoms with Crippen molar-refractivity contribution in [2.24, 2.45) is 11.0 Å². The Kier molecular flexibility index (Phi) is 4.34. The summed E-state index contributed by atoms with van der Waals surface area (Å²) in [7, 11) is 0. The number of nitrogens with one attached hydrogen (secondary N) is 1. The number of hydrogen-bond acceptors (Lipinski definition) is 3. The van der Waals surface area contributed by atoms with Crippen LogP contribution in [0.15, 0.2) is 23.3 Å². The van der Waals surface area contributed by atoms with Crippen LogP contribution in [-0.4, -0.2) is 28.7 Å². The van der Waals surface area contributed by atoms with Gasteiger partial charge in [-0.15, -0.1) is 5.01 Å².